The molecule has 3 nitrogen and oxygen atoms in total. The molecule has 1 fully saturated rings. The molecule has 0 heterocycles. The summed E-state index contributed by atoms with van der Waals surface area (Å²) in [6.45, 7) is 2.11. The van der Waals surface area contributed by atoms with Gasteiger partial charge < -0.3 is 14.6 Å². The van der Waals surface area contributed by atoms with Crippen molar-refractivity contribution in [2.75, 3.05) is 14.2 Å². The molecule has 0 saturated heterocycles. The maximum absolute atomic E-state index is 10.2. The van der Waals surface area contributed by atoms with Gasteiger partial charge in [0.15, 0.2) is 11.5 Å². The molecule has 16 heavy (non-hydrogen) atoms. The Balaban J connectivity index is 2.28. The van der Waals surface area contributed by atoms with E-state index in [1.807, 2.05) is 18.2 Å². The topological polar surface area (TPSA) is 38.7 Å². The van der Waals surface area contributed by atoms with E-state index >= 15 is 0 Å². The number of hydrogen-bond donors (Lipinski definition) is 1. The zero-order valence-electron chi connectivity index (χ0n) is 9.99. The predicted molar refractivity (Wildman–Crippen MR) is 61.8 cm³/mol. The quantitative estimate of drug-likeness (QED) is 0.850. The van der Waals surface area contributed by atoms with Crippen LogP contribution in [0.4, 0.5) is 0 Å². The van der Waals surface area contributed by atoms with Crippen LogP contribution in [0.5, 0.6) is 11.5 Å². The standard InChI is InChI=1S/C13H18O3/c1-13(6-7-13)12(14)9-4-5-10(15-2)11(8-9)16-3/h4-5,8,12,14H,6-7H2,1-3H3. The van der Waals surface area contributed by atoms with Crippen molar-refractivity contribution in [3.05, 3.63) is 23.8 Å². The number of aliphatic hydroxyl groups is 1. The molecule has 1 aliphatic carbocycles. The van der Waals surface area contributed by atoms with Crippen LogP contribution in [-0.4, -0.2) is 19.3 Å². The van der Waals surface area contributed by atoms with Crippen LogP contribution in [0.15, 0.2) is 18.2 Å². The van der Waals surface area contributed by atoms with Crippen molar-refractivity contribution in [3.8, 4) is 11.5 Å². The second kappa shape index (κ2) is 3.98. The molecule has 0 amide bonds. The first-order valence-electron chi connectivity index (χ1n) is 5.51. The first-order valence-corrected chi connectivity index (χ1v) is 5.51. The van der Waals surface area contributed by atoms with Crippen LogP contribution in [0.25, 0.3) is 0 Å². The lowest BCUT2D eigenvalue weighted by Crippen LogP contribution is -2.09. The Morgan fingerprint density at radius 1 is 1.19 bits per heavy atom. The average molecular weight is 222 g/mol. The maximum atomic E-state index is 10.2. The summed E-state index contributed by atoms with van der Waals surface area (Å²) in [5.74, 6) is 1.36. The summed E-state index contributed by atoms with van der Waals surface area (Å²) in [5.41, 5.74) is 0.956. The lowest BCUT2D eigenvalue weighted by atomic mass is 9.94. The number of hydrogen-bond acceptors (Lipinski definition) is 3. The molecule has 0 radical (unpaired) electrons. The third-order valence-electron chi connectivity index (χ3n) is 3.42. The van der Waals surface area contributed by atoms with Gasteiger partial charge in [0.05, 0.1) is 20.3 Å². The van der Waals surface area contributed by atoms with E-state index in [2.05, 4.69) is 6.92 Å². The highest BCUT2D eigenvalue weighted by Gasteiger charge is 2.44. The molecule has 0 spiro atoms. The van der Waals surface area contributed by atoms with Crippen molar-refractivity contribution in [3.63, 3.8) is 0 Å². The van der Waals surface area contributed by atoms with Crippen molar-refractivity contribution < 1.29 is 14.6 Å². The van der Waals surface area contributed by atoms with Gasteiger partial charge in [-0.05, 0) is 36.0 Å². The van der Waals surface area contributed by atoms with Gasteiger partial charge in [-0.1, -0.05) is 13.0 Å². The van der Waals surface area contributed by atoms with E-state index in [1.165, 1.54) is 0 Å². The van der Waals surface area contributed by atoms with Crippen LogP contribution in [0, 0.1) is 5.41 Å². The summed E-state index contributed by atoms with van der Waals surface area (Å²) in [6.07, 6.45) is 1.76. The van der Waals surface area contributed by atoms with E-state index in [0.29, 0.717) is 11.5 Å². The highest BCUT2D eigenvalue weighted by molar-refractivity contribution is 5.44. The van der Waals surface area contributed by atoms with Crippen LogP contribution in [0.1, 0.15) is 31.4 Å². The molecule has 88 valence electrons. The van der Waals surface area contributed by atoms with Gasteiger partial charge in [-0.25, -0.2) is 0 Å². The molecule has 0 aliphatic heterocycles. The molecule has 1 aromatic rings. The minimum Gasteiger partial charge on any atom is -0.493 e. The molecule has 1 saturated carbocycles. The van der Waals surface area contributed by atoms with Crippen molar-refractivity contribution in [2.45, 2.75) is 25.9 Å². The summed E-state index contributed by atoms with van der Waals surface area (Å²) in [7, 11) is 3.21. The van der Waals surface area contributed by atoms with Crippen LogP contribution < -0.4 is 9.47 Å². The molecule has 1 aromatic carbocycles. The molecule has 0 aromatic heterocycles. The third kappa shape index (κ3) is 1.87. The second-order valence-electron chi connectivity index (χ2n) is 4.67. The summed E-state index contributed by atoms with van der Waals surface area (Å²) >= 11 is 0. The van der Waals surface area contributed by atoms with Gasteiger partial charge in [0.25, 0.3) is 0 Å². The second-order valence-corrected chi connectivity index (χ2v) is 4.67. The largest absolute Gasteiger partial charge is 0.493 e. The van der Waals surface area contributed by atoms with Crippen molar-refractivity contribution in [2.24, 2.45) is 5.41 Å². The van der Waals surface area contributed by atoms with Crippen molar-refractivity contribution >= 4 is 0 Å². The summed E-state index contributed by atoms with van der Waals surface area (Å²) in [5, 5.41) is 10.2. The number of benzene rings is 1. The fourth-order valence-corrected chi connectivity index (χ4v) is 1.90. The van der Waals surface area contributed by atoms with E-state index in [-0.39, 0.29) is 5.41 Å². The van der Waals surface area contributed by atoms with Crippen LogP contribution in [0.3, 0.4) is 0 Å². The van der Waals surface area contributed by atoms with Gasteiger partial charge in [-0.3, -0.25) is 0 Å². The highest BCUT2D eigenvalue weighted by atomic mass is 16.5. The van der Waals surface area contributed by atoms with Crippen LogP contribution >= 0.6 is 0 Å². The number of ether oxygens (including phenoxy) is 2. The zero-order chi connectivity index (χ0) is 11.8. The Bertz CT molecular complexity index is 383. The first kappa shape index (κ1) is 11.3. The van der Waals surface area contributed by atoms with E-state index in [9.17, 15) is 5.11 Å². The Hall–Kier alpha value is -1.22. The molecule has 1 N–H and O–H groups in total. The lowest BCUT2D eigenvalue weighted by Gasteiger charge is -2.19. The van der Waals surface area contributed by atoms with E-state index in [4.69, 9.17) is 9.47 Å². The molecule has 1 atom stereocenters. The van der Waals surface area contributed by atoms with E-state index in [1.54, 1.807) is 14.2 Å². The zero-order valence-corrected chi connectivity index (χ0v) is 9.99. The molecule has 3 heteroatoms. The number of rotatable bonds is 4. The Labute approximate surface area is 96.0 Å². The van der Waals surface area contributed by atoms with Gasteiger partial charge in [-0.2, -0.15) is 0 Å². The maximum Gasteiger partial charge on any atom is 0.161 e. The molecule has 2 rings (SSSR count). The summed E-state index contributed by atoms with van der Waals surface area (Å²) in [4.78, 5) is 0. The normalized spacial score (nSPS) is 19.0. The van der Waals surface area contributed by atoms with Crippen molar-refractivity contribution in [1.29, 1.82) is 0 Å². The van der Waals surface area contributed by atoms with E-state index in [0.717, 1.165) is 18.4 Å². The molecular weight excluding hydrogens is 204 g/mol. The number of methoxy groups -OCH3 is 2. The molecule has 0 bridgehead atoms. The predicted octanol–water partition coefficient (Wildman–Crippen LogP) is 2.54. The third-order valence-corrected chi connectivity index (χ3v) is 3.42. The summed E-state index contributed by atoms with van der Waals surface area (Å²) < 4.78 is 10.4. The SMILES string of the molecule is COc1ccc(C(O)C2(C)CC2)cc1OC. The van der Waals surface area contributed by atoms with Gasteiger partial charge in [-0.15, -0.1) is 0 Å². The molecular formula is C13H18O3. The Morgan fingerprint density at radius 2 is 1.81 bits per heavy atom. The Morgan fingerprint density at radius 3 is 2.31 bits per heavy atom. The van der Waals surface area contributed by atoms with Gasteiger partial charge in [0, 0.05) is 0 Å². The molecule has 1 unspecified atom stereocenters. The minimum atomic E-state index is -0.410. The van der Waals surface area contributed by atoms with Crippen LogP contribution in [0.2, 0.25) is 0 Å². The van der Waals surface area contributed by atoms with Crippen LogP contribution in [-0.2, 0) is 0 Å². The van der Waals surface area contributed by atoms with Gasteiger partial charge in [0.2, 0.25) is 0 Å². The number of aliphatic hydroxyl groups excluding tert-OH is 1. The highest BCUT2D eigenvalue weighted by Crippen LogP contribution is 2.54. The first-order chi connectivity index (χ1) is 7.60. The minimum absolute atomic E-state index is 0.0552. The molecule has 1 aliphatic rings. The fraction of sp³-hybridized carbons (Fsp3) is 0.538. The van der Waals surface area contributed by atoms with Gasteiger partial charge >= 0.3 is 0 Å². The summed E-state index contributed by atoms with van der Waals surface area (Å²) in [6, 6.07) is 5.59. The Kier molecular flexibility index (Phi) is 2.80. The average Bonchev–Trinajstić information content (AvgIpc) is 3.06. The lowest BCUT2D eigenvalue weighted by molar-refractivity contribution is 0.103. The van der Waals surface area contributed by atoms with Gasteiger partial charge in [0.1, 0.15) is 0 Å². The van der Waals surface area contributed by atoms with E-state index < -0.39 is 6.10 Å². The smallest absolute Gasteiger partial charge is 0.161 e. The fourth-order valence-electron chi connectivity index (χ4n) is 1.90. The monoisotopic (exact) mass is 222 g/mol. The van der Waals surface area contributed by atoms with Crippen molar-refractivity contribution in [1.82, 2.24) is 0 Å².